The first-order valence-corrected chi connectivity index (χ1v) is 4.58. The number of aliphatic hydroxyl groups is 1. The van der Waals surface area contributed by atoms with Gasteiger partial charge in [-0.15, -0.1) is 0 Å². The number of rotatable bonds is 3. The average Bonchev–Trinajstić information content (AvgIpc) is 1.85. The Hall–Kier alpha value is 0.220. The number of allylic oxidation sites excluding steroid dienone is 1. The summed E-state index contributed by atoms with van der Waals surface area (Å²) in [6.45, 7) is 1.80. The lowest BCUT2D eigenvalue weighted by atomic mass is 10.2. The quantitative estimate of drug-likeness (QED) is 0.793. The summed E-state index contributed by atoms with van der Waals surface area (Å²) in [5.41, 5.74) is 0. The van der Waals surface area contributed by atoms with Crippen molar-refractivity contribution in [1.29, 1.82) is 0 Å². The van der Waals surface area contributed by atoms with E-state index < -0.39 is 15.9 Å². The summed E-state index contributed by atoms with van der Waals surface area (Å²) >= 11 is 1.18. The van der Waals surface area contributed by atoms with Crippen molar-refractivity contribution in [1.82, 2.24) is 0 Å². The molecule has 0 spiro atoms. The molecule has 12 heavy (non-hydrogen) atoms. The average molecular weight is 294 g/mol. The van der Waals surface area contributed by atoms with E-state index in [2.05, 4.69) is 0 Å². The predicted molar refractivity (Wildman–Crippen MR) is 49.1 cm³/mol. The highest BCUT2D eigenvalue weighted by Gasteiger charge is 2.31. The van der Waals surface area contributed by atoms with E-state index in [1.807, 2.05) is 0 Å². The van der Waals surface area contributed by atoms with Gasteiger partial charge in [0, 0.05) is 0 Å². The minimum Gasteiger partial charge on any atom is -0.389 e. The van der Waals surface area contributed by atoms with Crippen LogP contribution in [0.2, 0.25) is 0 Å². The fourth-order valence-corrected chi connectivity index (χ4v) is 1.06. The number of hydrogen-bond acceptors (Lipinski definition) is 1. The van der Waals surface area contributed by atoms with Crippen molar-refractivity contribution < 1.29 is 18.3 Å². The zero-order valence-electron chi connectivity index (χ0n) is 6.53. The highest BCUT2D eigenvalue weighted by atomic mass is 127. The lowest BCUT2D eigenvalue weighted by Gasteiger charge is -2.07. The van der Waals surface area contributed by atoms with Crippen molar-refractivity contribution in [3.63, 3.8) is 0 Å². The normalized spacial score (nSPS) is 16.3. The highest BCUT2D eigenvalue weighted by Crippen LogP contribution is 2.31. The SMILES string of the molecule is CCCC(O)/C=C(\I)C(F)(F)F. The molecule has 0 saturated carbocycles. The van der Waals surface area contributed by atoms with Crippen molar-refractivity contribution in [2.75, 3.05) is 0 Å². The molecule has 0 aromatic heterocycles. The van der Waals surface area contributed by atoms with Gasteiger partial charge in [-0.1, -0.05) is 13.3 Å². The zero-order chi connectivity index (χ0) is 9.78. The van der Waals surface area contributed by atoms with Crippen LogP contribution in [0.3, 0.4) is 0 Å². The molecule has 72 valence electrons. The lowest BCUT2D eigenvalue weighted by Crippen LogP contribution is -2.11. The third kappa shape index (κ3) is 4.97. The Morgan fingerprint density at radius 3 is 2.42 bits per heavy atom. The fourth-order valence-electron chi connectivity index (χ4n) is 0.642. The maximum Gasteiger partial charge on any atom is 0.421 e. The largest absolute Gasteiger partial charge is 0.421 e. The summed E-state index contributed by atoms with van der Waals surface area (Å²) in [5.74, 6) is 0. The van der Waals surface area contributed by atoms with Gasteiger partial charge in [-0.2, -0.15) is 13.2 Å². The van der Waals surface area contributed by atoms with Crippen LogP contribution >= 0.6 is 22.6 Å². The van der Waals surface area contributed by atoms with Crippen molar-refractivity contribution in [3.05, 3.63) is 9.66 Å². The molecule has 0 radical (unpaired) electrons. The highest BCUT2D eigenvalue weighted by molar-refractivity contribution is 14.1. The van der Waals surface area contributed by atoms with Crippen molar-refractivity contribution in [3.8, 4) is 0 Å². The molecule has 0 aliphatic carbocycles. The Labute approximate surface area is 82.8 Å². The minimum atomic E-state index is -4.32. The maximum absolute atomic E-state index is 11.9. The first kappa shape index (κ1) is 12.2. The maximum atomic E-state index is 11.9. The summed E-state index contributed by atoms with van der Waals surface area (Å²) < 4.78 is 34.8. The van der Waals surface area contributed by atoms with Crippen molar-refractivity contribution >= 4 is 22.6 Å². The molecule has 1 nitrogen and oxygen atoms in total. The Morgan fingerprint density at radius 2 is 2.08 bits per heavy atom. The first-order chi connectivity index (χ1) is 5.38. The smallest absolute Gasteiger partial charge is 0.389 e. The third-order valence-corrected chi connectivity index (χ3v) is 2.17. The first-order valence-electron chi connectivity index (χ1n) is 3.50. The Morgan fingerprint density at radius 1 is 1.58 bits per heavy atom. The van der Waals surface area contributed by atoms with Gasteiger partial charge in [0.05, 0.1) is 9.68 Å². The van der Waals surface area contributed by atoms with E-state index in [9.17, 15) is 13.2 Å². The molecule has 0 aliphatic rings. The lowest BCUT2D eigenvalue weighted by molar-refractivity contribution is -0.0825. The van der Waals surface area contributed by atoms with Gasteiger partial charge in [0.15, 0.2) is 0 Å². The Kier molecular flexibility index (Phi) is 5.15. The number of alkyl halides is 3. The van der Waals surface area contributed by atoms with Crippen LogP contribution < -0.4 is 0 Å². The van der Waals surface area contributed by atoms with Gasteiger partial charge in [0.25, 0.3) is 0 Å². The number of hydrogen-bond donors (Lipinski definition) is 1. The fraction of sp³-hybridized carbons (Fsp3) is 0.714. The van der Waals surface area contributed by atoms with E-state index in [1.165, 1.54) is 22.6 Å². The summed E-state index contributed by atoms with van der Waals surface area (Å²) in [4.78, 5) is 0. The predicted octanol–water partition coefficient (Wildman–Crippen LogP) is 3.03. The minimum absolute atomic E-state index is 0.364. The number of aliphatic hydroxyl groups excluding tert-OH is 1. The summed E-state index contributed by atoms with van der Waals surface area (Å²) in [6.07, 6.45) is -3.44. The van der Waals surface area contributed by atoms with Gasteiger partial charge < -0.3 is 5.11 Å². The van der Waals surface area contributed by atoms with E-state index in [0.29, 0.717) is 12.8 Å². The zero-order valence-corrected chi connectivity index (χ0v) is 8.69. The van der Waals surface area contributed by atoms with E-state index in [1.54, 1.807) is 6.92 Å². The molecular formula is C7H10F3IO. The molecule has 0 bridgehead atoms. The van der Waals surface area contributed by atoms with Crippen LogP contribution in [-0.4, -0.2) is 17.4 Å². The van der Waals surface area contributed by atoms with Gasteiger partial charge in [-0.25, -0.2) is 0 Å². The second-order valence-electron chi connectivity index (χ2n) is 2.37. The molecule has 0 aromatic carbocycles. The van der Waals surface area contributed by atoms with Gasteiger partial charge >= 0.3 is 6.18 Å². The van der Waals surface area contributed by atoms with Crippen LogP contribution in [0.1, 0.15) is 19.8 Å². The van der Waals surface area contributed by atoms with E-state index in [0.717, 1.165) is 6.08 Å². The van der Waals surface area contributed by atoms with Crippen LogP contribution in [0.4, 0.5) is 13.2 Å². The molecule has 0 rings (SSSR count). The summed E-state index contributed by atoms with van der Waals surface area (Å²) in [7, 11) is 0. The van der Waals surface area contributed by atoms with Crippen LogP contribution in [0, 0.1) is 0 Å². The standard InChI is InChI=1S/C7H10F3IO/c1-2-3-5(12)4-6(11)7(8,9)10/h4-5,12H,2-3H2,1H3/b6-4-. The summed E-state index contributed by atoms with van der Waals surface area (Å²) in [6, 6.07) is 0. The van der Waals surface area contributed by atoms with Gasteiger partial charge in [0.1, 0.15) is 0 Å². The summed E-state index contributed by atoms with van der Waals surface area (Å²) in [5, 5.41) is 9.00. The molecule has 0 aromatic rings. The van der Waals surface area contributed by atoms with Crippen LogP contribution in [0.15, 0.2) is 9.66 Å². The van der Waals surface area contributed by atoms with Crippen LogP contribution in [-0.2, 0) is 0 Å². The van der Waals surface area contributed by atoms with Crippen molar-refractivity contribution in [2.45, 2.75) is 32.0 Å². The van der Waals surface area contributed by atoms with Gasteiger partial charge in [-0.3, -0.25) is 0 Å². The third-order valence-electron chi connectivity index (χ3n) is 1.19. The Bertz CT molecular complexity index is 165. The second-order valence-corrected chi connectivity index (χ2v) is 3.53. The molecule has 1 atom stereocenters. The topological polar surface area (TPSA) is 20.2 Å². The molecule has 0 heterocycles. The monoisotopic (exact) mass is 294 g/mol. The molecular weight excluding hydrogens is 284 g/mol. The van der Waals surface area contributed by atoms with Gasteiger partial charge in [0.2, 0.25) is 0 Å². The molecule has 0 amide bonds. The second kappa shape index (κ2) is 5.06. The van der Waals surface area contributed by atoms with E-state index >= 15 is 0 Å². The molecule has 0 saturated heterocycles. The van der Waals surface area contributed by atoms with E-state index in [4.69, 9.17) is 5.11 Å². The molecule has 0 fully saturated rings. The number of halogens is 4. The molecule has 5 heteroatoms. The van der Waals surface area contributed by atoms with Crippen molar-refractivity contribution in [2.24, 2.45) is 0 Å². The van der Waals surface area contributed by atoms with E-state index in [-0.39, 0.29) is 0 Å². The Balaban J connectivity index is 4.16. The molecule has 0 aliphatic heterocycles. The van der Waals surface area contributed by atoms with Crippen LogP contribution in [0.25, 0.3) is 0 Å². The van der Waals surface area contributed by atoms with Gasteiger partial charge in [-0.05, 0) is 35.1 Å². The molecule has 1 unspecified atom stereocenters. The molecule has 1 N–H and O–H groups in total. The van der Waals surface area contributed by atoms with Crippen LogP contribution in [0.5, 0.6) is 0 Å².